The molecular weight excluding hydrogens is 419 g/mol. The van der Waals surface area contributed by atoms with Crippen molar-refractivity contribution in [3.05, 3.63) is 94.6 Å². The molecule has 2 heterocycles. The Kier molecular flexibility index (Phi) is 6.45. The number of amides is 2. The maximum absolute atomic E-state index is 13.8. The van der Waals surface area contributed by atoms with Crippen LogP contribution in [0.15, 0.2) is 60.8 Å². The highest BCUT2D eigenvalue weighted by molar-refractivity contribution is 6.05. The molecule has 1 fully saturated rings. The number of hydrogen-bond acceptors (Lipinski definition) is 4. The fourth-order valence-corrected chi connectivity index (χ4v) is 4.06. The van der Waals surface area contributed by atoms with Gasteiger partial charge in [-0.15, -0.1) is 0 Å². The molecule has 0 aliphatic carbocycles. The Labute approximate surface area is 191 Å². The van der Waals surface area contributed by atoms with E-state index in [4.69, 9.17) is 5.26 Å². The Hall–Kier alpha value is -4.05. The summed E-state index contributed by atoms with van der Waals surface area (Å²) < 4.78 is 13.8. The van der Waals surface area contributed by atoms with Crippen molar-refractivity contribution in [1.29, 1.82) is 5.26 Å². The van der Waals surface area contributed by atoms with Crippen molar-refractivity contribution in [3.8, 4) is 6.07 Å². The number of benzene rings is 2. The van der Waals surface area contributed by atoms with Crippen LogP contribution < -0.4 is 5.32 Å². The van der Waals surface area contributed by atoms with E-state index in [1.165, 1.54) is 23.9 Å². The molecule has 4 rings (SSSR count). The van der Waals surface area contributed by atoms with E-state index in [2.05, 4.69) is 16.4 Å². The fourth-order valence-electron chi connectivity index (χ4n) is 4.06. The maximum Gasteiger partial charge on any atom is 0.260 e. The summed E-state index contributed by atoms with van der Waals surface area (Å²) in [4.78, 5) is 30.9. The van der Waals surface area contributed by atoms with Crippen LogP contribution in [0.25, 0.3) is 0 Å². The molecule has 0 spiro atoms. The third-order valence-electron chi connectivity index (χ3n) is 6.03. The van der Waals surface area contributed by atoms with Crippen LogP contribution in [-0.2, 0) is 0 Å². The van der Waals surface area contributed by atoms with Crippen LogP contribution in [0.5, 0.6) is 0 Å². The zero-order valence-corrected chi connectivity index (χ0v) is 18.2. The van der Waals surface area contributed by atoms with E-state index in [0.717, 1.165) is 18.4 Å². The van der Waals surface area contributed by atoms with Crippen molar-refractivity contribution in [2.75, 3.05) is 18.4 Å². The van der Waals surface area contributed by atoms with Crippen LogP contribution in [0.4, 0.5) is 10.1 Å². The van der Waals surface area contributed by atoms with Crippen LogP contribution >= 0.6 is 0 Å². The Morgan fingerprint density at radius 3 is 2.52 bits per heavy atom. The van der Waals surface area contributed by atoms with Gasteiger partial charge in [0.1, 0.15) is 0 Å². The summed E-state index contributed by atoms with van der Waals surface area (Å²) in [5.74, 6) is -1.21. The van der Waals surface area contributed by atoms with Crippen LogP contribution in [0.3, 0.4) is 0 Å². The quantitative estimate of drug-likeness (QED) is 0.595. The number of carbonyl (C=O) groups excluding carboxylic acids is 2. The lowest BCUT2D eigenvalue weighted by Crippen LogP contribution is -2.38. The monoisotopic (exact) mass is 442 g/mol. The molecule has 33 heavy (non-hydrogen) atoms. The third kappa shape index (κ3) is 4.90. The molecule has 2 aromatic carbocycles. The van der Waals surface area contributed by atoms with Gasteiger partial charge in [-0.2, -0.15) is 9.65 Å². The highest BCUT2D eigenvalue weighted by atomic mass is 19.1. The Bertz CT molecular complexity index is 1230. The van der Waals surface area contributed by atoms with Crippen LogP contribution in [0.2, 0.25) is 0 Å². The van der Waals surface area contributed by atoms with E-state index in [1.807, 2.05) is 36.1 Å². The molecule has 0 bridgehead atoms. The Balaban J connectivity index is 1.43. The Morgan fingerprint density at radius 1 is 1.12 bits per heavy atom. The number of pyridine rings is 1. The molecule has 2 amide bonds. The summed E-state index contributed by atoms with van der Waals surface area (Å²) in [6.45, 7) is 3.06. The summed E-state index contributed by atoms with van der Waals surface area (Å²) in [6, 6.07) is 17.8. The van der Waals surface area contributed by atoms with Crippen LogP contribution in [0.1, 0.15) is 56.2 Å². The van der Waals surface area contributed by atoms with Crippen molar-refractivity contribution in [2.45, 2.75) is 25.7 Å². The fraction of sp³-hybridized carbons (Fsp3) is 0.231. The van der Waals surface area contributed by atoms with Gasteiger partial charge in [-0.1, -0.05) is 18.2 Å². The standard InChI is InChI=1S/C26H23FN4O2/c1-17-4-7-21(15-23(17)30-25(32)22-3-2-12-29-24(22)27)26(33)31-13-10-20(11-14-31)19-8-5-18(16-28)6-9-19/h2-9,12,15,20H,10-11,13-14H2,1H3,(H,30,32). The van der Waals surface area contributed by atoms with Crippen molar-refractivity contribution in [2.24, 2.45) is 0 Å². The molecule has 1 saturated heterocycles. The third-order valence-corrected chi connectivity index (χ3v) is 6.03. The van der Waals surface area contributed by atoms with E-state index < -0.39 is 11.9 Å². The highest BCUT2D eigenvalue weighted by Gasteiger charge is 2.25. The van der Waals surface area contributed by atoms with Crippen molar-refractivity contribution < 1.29 is 14.0 Å². The van der Waals surface area contributed by atoms with Gasteiger partial charge in [0.25, 0.3) is 11.8 Å². The SMILES string of the molecule is Cc1ccc(C(=O)N2CCC(c3ccc(C#N)cc3)CC2)cc1NC(=O)c1cccnc1F. The van der Waals surface area contributed by atoms with E-state index in [1.54, 1.807) is 18.2 Å². The average Bonchev–Trinajstić information content (AvgIpc) is 2.85. The second kappa shape index (κ2) is 9.61. The van der Waals surface area contributed by atoms with Gasteiger partial charge in [-0.3, -0.25) is 9.59 Å². The molecule has 1 N–H and O–H groups in total. The molecule has 0 unspecified atom stereocenters. The predicted molar refractivity (Wildman–Crippen MR) is 122 cm³/mol. The number of halogens is 1. The lowest BCUT2D eigenvalue weighted by atomic mass is 9.89. The number of piperidine rings is 1. The smallest absolute Gasteiger partial charge is 0.260 e. The molecule has 7 heteroatoms. The van der Waals surface area contributed by atoms with Crippen molar-refractivity contribution in [1.82, 2.24) is 9.88 Å². The molecule has 3 aromatic rings. The van der Waals surface area contributed by atoms with Gasteiger partial charge >= 0.3 is 0 Å². The van der Waals surface area contributed by atoms with Gasteiger partial charge in [0.05, 0.1) is 17.2 Å². The van der Waals surface area contributed by atoms with Gasteiger partial charge in [0.2, 0.25) is 5.95 Å². The first-order valence-electron chi connectivity index (χ1n) is 10.8. The van der Waals surface area contributed by atoms with Crippen LogP contribution in [-0.4, -0.2) is 34.8 Å². The van der Waals surface area contributed by atoms with Crippen molar-refractivity contribution in [3.63, 3.8) is 0 Å². The average molecular weight is 442 g/mol. The van der Waals surface area contributed by atoms with Gasteiger partial charge < -0.3 is 10.2 Å². The van der Waals surface area contributed by atoms with Gasteiger partial charge in [-0.05, 0) is 73.2 Å². The second-order valence-electron chi connectivity index (χ2n) is 8.13. The van der Waals surface area contributed by atoms with Crippen molar-refractivity contribution >= 4 is 17.5 Å². The number of rotatable bonds is 4. The molecule has 0 atom stereocenters. The molecule has 166 valence electrons. The number of nitriles is 1. The normalized spacial score (nSPS) is 13.9. The summed E-state index contributed by atoms with van der Waals surface area (Å²) in [5, 5.41) is 11.7. The number of aromatic nitrogens is 1. The topological polar surface area (TPSA) is 86.1 Å². The second-order valence-corrected chi connectivity index (χ2v) is 8.13. The molecular formula is C26H23FN4O2. The highest BCUT2D eigenvalue weighted by Crippen LogP contribution is 2.29. The minimum Gasteiger partial charge on any atom is -0.339 e. The lowest BCUT2D eigenvalue weighted by molar-refractivity contribution is 0.0712. The molecule has 1 aliphatic rings. The summed E-state index contributed by atoms with van der Waals surface area (Å²) in [5.41, 5.74) is 3.37. The number of hydrogen-bond donors (Lipinski definition) is 1. The number of nitrogens with one attached hydrogen (secondary N) is 1. The van der Waals surface area contributed by atoms with Crippen LogP contribution in [0, 0.1) is 24.2 Å². The number of carbonyl (C=O) groups is 2. The summed E-state index contributed by atoms with van der Waals surface area (Å²) in [7, 11) is 0. The molecule has 0 radical (unpaired) electrons. The number of anilines is 1. The first-order valence-corrected chi connectivity index (χ1v) is 10.8. The van der Waals surface area contributed by atoms with E-state index >= 15 is 0 Å². The first-order chi connectivity index (χ1) is 16.0. The molecule has 1 aliphatic heterocycles. The van der Waals surface area contributed by atoms with E-state index in [0.29, 0.717) is 35.8 Å². The zero-order chi connectivity index (χ0) is 23.4. The minimum atomic E-state index is -0.843. The number of nitrogens with zero attached hydrogens (tertiary/aromatic N) is 3. The number of likely N-dealkylation sites (tertiary alicyclic amines) is 1. The van der Waals surface area contributed by atoms with E-state index in [-0.39, 0.29) is 11.5 Å². The van der Waals surface area contributed by atoms with Gasteiger partial charge in [-0.25, -0.2) is 4.98 Å². The largest absolute Gasteiger partial charge is 0.339 e. The Morgan fingerprint density at radius 2 is 1.85 bits per heavy atom. The first kappa shape index (κ1) is 22.2. The number of aryl methyl sites for hydroxylation is 1. The zero-order valence-electron chi connectivity index (χ0n) is 18.2. The maximum atomic E-state index is 13.8. The van der Waals surface area contributed by atoms with E-state index in [9.17, 15) is 14.0 Å². The molecule has 6 nitrogen and oxygen atoms in total. The molecule has 0 saturated carbocycles. The summed E-state index contributed by atoms with van der Waals surface area (Å²) >= 11 is 0. The minimum absolute atomic E-state index is 0.101. The van der Waals surface area contributed by atoms with Gasteiger partial charge in [0, 0.05) is 30.5 Å². The van der Waals surface area contributed by atoms with Gasteiger partial charge in [0.15, 0.2) is 0 Å². The lowest BCUT2D eigenvalue weighted by Gasteiger charge is -2.32. The molecule has 1 aromatic heterocycles. The summed E-state index contributed by atoms with van der Waals surface area (Å²) in [6.07, 6.45) is 2.96. The predicted octanol–water partition coefficient (Wildman–Crippen LogP) is 4.67.